The van der Waals surface area contributed by atoms with Gasteiger partial charge >= 0.3 is 0 Å². The van der Waals surface area contributed by atoms with Crippen LogP contribution >= 0.6 is 23.4 Å². The number of carbonyl (C=O) groups is 1. The monoisotopic (exact) mass is 349 g/mol. The van der Waals surface area contributed by atoms with Gasteiger partial charge in [-0.05, 0) is 55.8 Å². The molecule has 1 atom stereocenters. The van der Waals surface area contributed by atoms with Crippen LogP contribution in [0.4, 0.5) is 0 Å². The Morgan fingerprint density at radius 1 is 1.26 bits per heavy atom. The molecule has 0 aliphatic rings. The third-order valence-electron chi connectivity index (χ3n) is 3.17. The van der Waals surface area contributed by atoms with Crippen molar-refractivity contribution in [2.75, 3.05) is 6.61 Å². The van der Waals surface area contributed by atoms with E-state index in [0.29, 0.717) is 18.2 Å². The first kappa shape index (κ1) is 17.7. The highest BCUT2D eigenvalue weighted by molar-refractivity contribution is 8.00. The third kappa shape index (κ3) is 5.81. The quantitative estimate of drug-likeness (QED) is 0.746. The lowest BCUT2D eigenvalue weighted by atomic mass is 10.2. The highest BCUT2D eigenvalue weighted by Gasteiger charge is 2.14. The maximum atomic E-state index is 12.2. The maximum absolute atomic E-state index is 12.2. The van der Waals surface area contributed by atoms with Crippen molar-refractivity contribution < 1.29 is 9.53 Å². The van der Waals surface area contributed by atoms with Crippen molar-refractivity contribution in [2.24, 2.45) is 0 Å². The zero-order chi connectivity index (χ0) is 16.7. The van der Waals surface area contributed by atoms with Crippen LogP contribution in [-0.4, -0.2) is 17.8 Å². The topological polar surface area (TPSA) is 38.3 Å². The second-order valence-electron chi connectivity index (χ2n) is 5.01. The van der Waals surface area contributed by atoms with Crippen molar-refractivity contribution in [3.63, 3.8) is 0 Å². The lowest BCUT2D eigenvalue weighted by molar-refractivity contribution is -0.120. The number of hydrogen-bond acceptors (Lipinski definition) is 3. The minimum absolute atomic E-state index is 0.00626. The van der Waals surface area contributed by atoms with Crippen molar-refractivity contribution in [1.82, 2.24) is 5.32 Å². The highest BCUT2D eigenvalue weighted by atomic mass is 35.5. The molecule has 0 aliphatic carbocycles. The Balaban J connectivity index is 1.86. The molecule has 1 amide bonds. The summed E-state index contributed by atoms with van der Waals surface area (Å²) in [5, 5.41) is 3.48. The van der Waals surface area contributed by atoms with E-state index in [9.17, 15) is 4.79 Å². The zero-order valence-corrected chi connectivity index (χ0v) is 14.8. The van der Waals surface area contributed by atoms with E-state index in [2.05, 4.69) is 5.32 Å². The van der Waals surface area contributed by atoms with Crippen molar-refractivity contribution in [3.05, 3.63) is 59.1 Å². The van der Waals surface area contributed by atoms with Crippen LogP contribution in [0.3, 0.4) is 0 Å². The van der Waals surface area contributed by atoms with Gasteiger partial charge in [0.2, 0.25) is 5.91 Å². The van der Waals surface area contributed by atoms with Crippen LogP contribution in [0.2, 0.25) is 5.02 Å². The Morgan fingerprint density at radius 2 is 2.00 bits per heavy atom. The molecular weight excluding hydrogens is 330 g/mol. The number of benzene rings is 2. The fraction of sp³-hybridized carbons (Fsp3) is 0.278. The summed E-state index contributed by atoms with van der Waals surface area (Å²) >= 11 is 7.38. The highest BCUT2D eigenvalue weighted by Crippen LogP contribution is 2.24. The molecule has 0 unspecified atom stereocenters. The van der Waals surface area contributed by atoms with E-state index in [0.717, 1.165) is 16.2 Å². The van der Waals surface area contributed by atoms with E-state index in [1.807, 2.05) is 62.4 Å². The second kappa shape index (κ2) is 8.85. The number of nitrogens with one attached hydrogen (secondary N) is 1. The second-order valence-corrected chi connectivity index (χ2v) is 6.86. The number of rotatable bonds is 7. The molecule has 0 spiro atoms. The van der Waals surface area contributed by atoms with E-state index >= 15 is 0 Å². The van der Waals surface area contributed by atoms with Crippen LogP contribution in [0.25, 0.3) is 0 Å². The van der Waals surface area contributed by atoms with Crippen LogP contribution in [0.15, 0.2) is 53.4 Å². The largest absolute Gasteiger partial charge is 0.494 e. The van der Waals surface area contributed by atoms with Crippen LogP contribution in [-0.2, 0) is 11.3 Å². The summed E-state index contributed by atoms with van der Waals surface area (Å²) in [4.78, 5) is 13.2. The number of ether oxygens (including phenoxy) is 1. The average molecular weight is 350 g/mol. The van der Waals surface area contributed by atoms with Gasteiger partial charge in [-0.1, -0.05) is 23.7 Å². The van der Waals surface area contributed by atoms with E-state index in [4.69, 9.17) is 16.3 Å². The standard InChI is InChI=1S/C18H20ClNO2S/c1-3-22-16-6-4-5-14(11-16)12-20-18(21)13(2)23-17-9-7-15(19)8-10-17/h4-11,13H,3,12H2,1-2H3,(H,20,21)/t13-/m1/s1. The molecule has 0 bridgehead atoms. The number of halogens is 1. The molecule has 2 aromatic carbocycles. The first-order valence-electron chi connectivity index (χ1n) is 7.50. The first-order valence-corrected chi connectivity index (χ1v) is 8.76. The lowest BCUT2D eigenvalue weighted by Gasteiger charge is -2.12. The minimum Gasteiger partial charge on any atom is -0.494 e. The van der Waals surface area contributed by atoms with Gasteiger partial charge in [0, 0.05) is 16.5 Å². The minimum atomic E-state index is -0.175. The molecule has 0 aliphatic heterocycles. The summed E-state index contributed by atoms with van der Waals surface area (Å²) in [6.45, 7) is 4.96. The van der Waals surface area contributed by atoms with Crippen LogP contribution < -0.4 is 10.1 Å². The predicted molar refractivity (Wildman–Crippen MR) is 96.2 cm³/mol. The molecule has 2 rings (SSSR count). The number of thioether (sulfide) groups is 1. The van der Waals surface area contributed by atoms with Gasteiger partial charge in [0.1, 0.15) is 5.75 Å². The van der Waals surface area contributed by atoms with Crippen LogP contribution in [0.1, 0.15) is 19.4 Å². The van der Waals surface area contributed by atoms with Gasteiger partial charge in [-0.2, -0.15) is 0 Å². The summed E-state index contributed by atoms with van der Waals surface area (Å²) in [5.74, 6) is 0.828. The smallest absolute Gasteiger partial charge is 0.233 e. The molecule has 0 saturated carbocycles. The van der Waals surface area contributed by atoms with Gasteiger partial charge in [0.15, 0.2) is 0 Å². The summed E-state index contributed by atoms with van der Waals surface area (Å²) in [6.07, 6.45) is 0. The number of amides is 1. The molecule has 0 aromatic heterocycles. The average Bonchev–Trinajstić information content (AvgIpc) is 2.55. The van der Waals surface area contributed by atoms with E-state index in [1.165, 1.54) is 11.8 Å². The molecule has 3 nitrogen and oxygen atoms in total. The zero-order valence-electron chi connectivity index (χ0n) is 13.2. The SMILES string of the molecule is CCOc1cccc(CNC(=O)[C@@H](C)Sc2ccc(Cl)cc2)c1. The number of hydrogen-bond donors (Lipinski definition) is 1. The Kier molecular flexibility index (Phi) is 6.81. The van der Waals surface area contributed by atoms with Gasteiger partial charge in [0.05, 0.1) is 11.9 Å². The van der Waals surface area contributed by atoms with Crippen molar-refractivity contribution in [2.45, 2.75) is 30.5 Å². The van der Waals surface area contributed by atoms with Gasteiger partial charge in [-0.25, -0.2) is 0 Å². The van der Waals surface area contributed by atoms with Gasteiger partial charge in [-0.3, -0.25) is 4.79 Å². The molecule has 0 radical (unpaired) electrons. The van der Waals surface area contributed by atoms with E-state index in [-0.39, 0.29) is 11.2 Å². The molecule has 0 fully saturated rings. The summed E-state index contributed by atoms with van der Waals surface area (Å²) < 4.78 is 5.46. The molecule has 2 aromatic rings. The summed E-state index contributed by atoms with van der Waals surface area (Å²) in [5.41, 5.74) is 1.02. The maximum Gasteiger partial charge on any atom is 0.233 e. The predicted octanol–water partition coefficient (Wildman–Crippen LogP) is 4.54. The molecule has 122 valence electrons. The molecule has 1 N–H and O–H groups in total. The van der Waals surface area contributed by atoms with Crippen LogP contribution in [0, 0.1) is 0 Å². The molecule has 0 saturated heterocycles. The normalized spacial score (nSPS) is 11.8. The Morgan fingerprint density at radius 3 is 2.70 bits per heavy atom. The Bertz CT molecular complexity index is 646. The van der Waals surface area contributed by atoms with Crippen LogP contribution in [0.5, 0.6) is 5.75 Å². The van der Waals surface area contributed by atoms with Crippen molar-refractivity contribution in [1.29, 1.82) is 0 Å². The number of carbonyl (C=O) groups excluding carboxylic acids is 1. The Labute approximate surface area is 146 Å². The molecule has 0 heterocycles. The molecular formula is C18H20ClNO2S. The third-order valence-corrected chi connectivity index (χ3v) is 4.54. The van der Waals surface area contributed by atoms with Crippen molar-refractivity contribution in [3.8, 4) is 5.75 Å². The molecule has 23 heavy (non-hydrogen) atoms. The van der Waals surface area contributed by atoms with Gasteiger partial charge in [0.25, 0.3) is 0 Å². The Hall–Kier alpha value is -1.65. The lowest BCUT2D eigenvalue weighted by Crippen LogP contribution is -2.30. The fourth-order valence-electron chi connectivity index (χ4n) is 2.02. The van der Waals surface area contributed by atoms with E-state index in [1.54, 1.807) is 0 Å². The van der Waals surface area contributed by atoms with Gasteiger partial charge in [-0.15, -0.1) is 11.8 Å². The first-order chi connectivity index (χ1) is 11.1. The summed E-state index contributed by atoms with van der Waals surface area (Å²) in [7, 11) is 0. The van der Waals surface area contributed by atoms with Crippen molar-refractivity contribution >= 4 is 29.3 Å². The fourth-order valence-corrected chi connectivity index (χ4v) is 3.03. The molecule has 5 heteroatoms. The summed E-state index contributed by atoms with van der Waals surface area (Å²) in [6, 6.07) is 15.2. The van der Waals surface area contributed by atoms with E-state index < -0.39 is 0 Å². The van der Waals surface area contributed by atoms with Gasteiger partial charge < -0.3 is 10.1 Å².